The van der Waals surface area contributed by atoms with Crippen molar-refractivity contribution in [2.45, 2.75) is 301 Å². The van der Waals surface area contributed by atoms with E-state index >= 15 is 0 Å². The molecule has 65 heavy (non-hydrogen) atoms. The Hall–Kier alpha value is -1.33. The van der Waals surface area contributed by atoms with Gasteiger partial charge in [0.25, 0.3) is 0 Å². The van der Waals surface area contributed by atoms with E-state index in [1.165, 1.54) is 212 Å². The van der Waals surface area contributed by atoms with Crippen LogP contribution in [0.25, 0.3) is 0 Å². The Labute approximate surface area is 400 Å². The van der Waals surface area contributed by atoms with E-state index in [0.717, 1.165) is 32.1 Å². The molecule has 1 heterocycles. The number of unbranched alkanes of at least 4 members (excludes halogenated alkanes) is 34. The Bertz CT molecular complexity index is 1050. The predicted molar refractivity (Wildman–Crippen MR) is 270 cm³/mol. The van der Waals surface area contributed by atoms with Gasteiger partial charge in [-0.05, 0) is 64.2 Å². The number of carbonyl (C=O) groups is 1. The number of aliphatic hydroxyl groups is 4. The molecule has 0 spiro atoms. The molecule has 384 valence electrons. The lowest BCUT2D eigenvalue weighted by atomic mass is 9.99. The normalized spacial score (nSPS) is 19.5. The Morgan fingerprint density at radius 1 is 0.477 bits per heavy atom. The summed E-state index contributed by atoms with van der Waals surface area (Å²) in [4.78, 5) is 12.9. The van der Waals surface area contributed by atoms with Gasteiger partial charge in [-0.2, -0.15) is 0 Å². The molecule has 1 aliphatic heterocycles. The van der Waals surface area contributed by atoms with Gasteiger partial charge in [0.2, 0.25) is 0 Å². The lowest BCUT2D eigenvalue weighted by Gasteiger charge is -2.39. The minimum Gasteiger partial charge on any atom is -0.457 e. The van der Waals surface area contributed by atoms with E-state index in [-0.39, 0.29) is 19.2 Å². The van der Waals surface area contributed by atoms with Crippen LogP contribution in [0.4, 0.5) is 0 Å². The van der Waals surface area contributed by atoms with Gasteiger partial charge >= 0.3 is 5.97 Å². The third-order valence-corrected chi connectivity index (χ3v) is 13.1. The molecule has 1 aliphatic rings. The fourth-order valence-corrected chi connectivity index (χ4v) is 8.72. The van der Waals surface area contributed by atoms with Crippen molar-refractivity contribution < 1.29 is 44.2 Å². The van der Waals surface area contributed by atoms with Gasteiger partial charge in [-0.1, -0.05) is 218 Å². The predicted octanol–water partition coefficient (Wildman–Crippen LogP) is 14.1. The quantitative estimate of drug-likeness (QED) is 0.0267. The number of hydrogen-bond donors (Lipinski definition) is 4. The van der Waals surface area contributed by atoms with Gasteiger partial charge in [0.1, 0.15) is 30.5 Å². The highest BCUT2D eigenvalue weighted by atomic mass is 16.7. The van der Waals surface area contributed by atoms with Crippen LogP contribution in [0.2, 0.25) is 0 Å². The summed E-state index contributed by atoms with van der Waals surface area (Å²) in [6.07, 6.45) is 50.8. The largest absolute Gasteiger partial charge is 0.457 e. The lowest BCUT2D eigenvalue weighted by molar-refractivity contribution is -0.305. The van der Waals surface area contributed by atoms with Gasteiger partial charge in [0.05, 0.1) is 19.8 Å². The Kier molecular flexibility index (Phi) is 45.3. The van der Waals surface area contributed by atoms with Crippen molar-refractivity contribution in [3.05, 3.63) is 24.3 Å². The SMILES string of the molecule is CCCCCCCCC/C=C\CCCCCCCCOCC(COC1OC(CO)C(O)C(O)C1O)OC(=O)CCCCCCCCCCCCCCC/C=C\CCCCCCCCCC. The molecule has 0 aromatic rings. The van der Waals surface area contributed by atoms with Gasteiger partial charge in [0, 0.05) is 13.0 Å². The zero-order chi connectivity index (χ0) is 47.1. The second-order valence-electron chi connectivity index (χ2n) is 19.4. The summed E-state index contributed by atoms with van der Waals surface area (Å²) in [5.41, 5.74) is 0. The van der Waals surface area contributed by atoms with Crippen molar-refractivity contribution in [3.63, 3.8) is 0 Å². The van der Waals surface area contributed by atoms with E-state index in [1.54, 1.807) is 0 Å². The van der Waals surface area contributed by atoms with Gasteiger partial charge in [-0.25, -0.2) is 0 Å². The molecule has 1 rings (SSSR count). The number of hydrogen-bond acceptors (Lipinski definition) is 9. The van der Waals surface area contributed by atoms with Crippen LogP contribution in [0, 0.1) is 0 Å². The lowest BCUT2D eigenvalue weighted by Crippen LogP contribution is -2.59. The van der Waals surface area contributed by atoms with Crippen LogP contribution in [0.1, 0.15) is 264 Å². The summed E-state index contributed by atoms with van der Waals surface area (Å²) >= 11 is 0. The van der Waals surface area contributed by atoms with Crippen LogP contribution >= 0.6 is 0 Å². The Balaban J connectivity index is 2.15. The molecule has 6 unspecified atom stereocenters. The van der Waals surface area contributed by atoms with Crippen LogP contribution in [-0.2, 0) is 23.7 Å². The maximum atomic E-state index is 12.9. The van der Waals surface area contributed by atoms with Crippen LogP contribution < -0.4 is 0 Å². The number of allylic oxidation sites excluding steroid dienone is 4. The second kappa shape index (κ2) is 47.7. The van der Waals surface area contributed by atoms with E-state index < -0.39 is 43.4 Å². The van der Waals surface area contributed by atoms with Crippen molar-refractivity contribution in [1.29, 1.82) is 0 Å². The third kappa shape index (κ3) is 38.2. The first kappa shape index (κ1) is 61.7. The molecule has 4 N–H and O–H groups in total. The summed E-state index contributed by atoms with van der Waals surface area (Å²) in [7, 11) is 0. The van der Waals surface area contributed by atoms with Crippen molar-refractivity contribution in [2.24, 2.45) is 0 Å². The van der Waals surface area contributed by atoms with Crippen molar-refractivity contribution in [2.75, 3.05) is 26.4 Å². The first-order chi connectivity index (χ1) is 31.9. The summed E-state index contributed by atoms with van der Waals surface area (Å²) in [5, 5.41) is 40.3. The summed E-state index contributed by atoms with van der Waals surface area (Å²) in [6, 6.07) is 0. The standard InChI is InChI=1S/C56H106O9/c1-3-5-7-9-11-13-15-17-19-21-22-23-24-25-26-27-28-29-31-33-35-37-39-41-43-45-52(58)64-50(49-63-56-55(61)54(60)53(59)51(47-57)65-56)48-62-46-44-42-40-38-36-34-32-30-20-18-16-14-12-10-8-6-4-2/h20-22,30,50-51,53-57,59-61H,3-19,23-29,31-49H2,1-2H3/b22-21-,30-20-. The van der Waals surface area contributed by atoms with Crippen LogP contribution in [0.15, 0.2) is 24.3 Å². The molecule has 0 aromatic heterocycles. The summed E-state index contributed by atoms with van der Waals surface area (Å²) in [5.74, 6) is -0.311. The van der Waals surface area contributed by atoms with E-state index in [4.69, 9.17) is 18.9 Å². The van der Waals surface area contributed by atoms with Gasteiger partial charge in [0.15, 0.2) is 6.29 Å². The molecule has 9 heteroatoms. The maximum absolute atomic E-state index is 12.9. The van der Waals surface area contributed by atoms with E-state index in [1.807, 2.05) is 0 Å². The minimum absolute atomic E-state index is 0.112. The molecule has 0 saturated carbocycles. The first-order valence-corrected chi connectivity index (χ1v) is 27.9. The van der Waals surface area contributed by atoms with Gasteiger partial charge < -0.3 is 39.4 Å². The molecular weight excluding hydrogens is 817 g/mol. The molecule has 0 bridgehead atoms. The zero-order valence-corrected chi connectivity index (χ0v) is 42.5. The topological polar surface area (TPSA) is 135 Å². The van der Waals surface area contributed by atoms with E-state index in [0.29, 0.717) is 13.0 Å². The molecule has 6 atom stereocenters. The second-order valence-corrected chi connectivity index (χ2v) is 19.4. The van der Waals surface area contributed by atoms with Crippen LogP contribution in [-0.4, -0.2) is 89.6 Å². The van der Waals surface area contributed by atoms with Crippen molar-refractivity contribution >= 4 is 5.97 Å². The number of aliphatic hydroxyl groups excluding tert-OH is 4. The number of carbonyl (C=O) groups excluding carboxylic acids is 1. The molecule has 0 amide bonds. The van der Waals surface area contributed by atoms with E-state index in [9.17, 15) is 25.2 Å². The molecule has 1 fully saturated rings. The highest BCUT2D eigenvalue weighted by Crippen LogP contribution is 2.23. The monoisotopic (exact) mass is 923 g/mol. The number of esters is 1. The fourth-order valence-electron chi connectivity index (χ4n) is 8.72. The molecular formula is C56H106O9. The van der Waals surface area contributed by atoms with E-state index in [2.05, 4.69) is 38.2 Å². The first-order valence-electron chi connectivity index (χ1n) is 27.9. The smallest absolute Gasteiger partial charge is 0.306 e. The third-order valence-electron chi connectivity index (χ3n) is 13.1. The number of ether oxygens (including phenoxy) is 4. The average molecular weight is 923 g/mol. The van der Waals surface area contributed by atoms with Gasteiger partial charge in [-0.3, -0.25) is 4.79 Å². The molecule has 9 nitrogen and oxygen atoms in total. The Morgan fingerprint density at radius 3 is 1.25 bits per heavy atom. The Morgan fingerprint density at radius 2 is 0.846 bits per heavy atom. The van der Waals surface area contributed by atoms with Gasteiger partial charge in [-0.15, -0.1) is 0 Å². The molecule has 0 aromatic carbocycles. The van der Waals surface area contributed by atoms with Crippen LogP contribution in [0.5, 0.6) is 0 Å². The van der Waals surface area contributed by atoms with Crippen molar-refractivity contribution in [1.82, 2.24) is 0 Å². The zero-order valence-electron chi connectivity index (χ0n) is 42.5. The van der Waals surface area contributed by atoms with Crippen molar-refractivity contribution in [3.8, 4) is 0 Å². The highest BCUT2D eigenvalue weighted by Gasteiger charge is 2.44. The van der Waals surface area contributed by atoms with Crippen LogP contribution in [0.3, 0.4) is 0 Å². The highest BCUT2D eigenvalue weighted by molar-refractivity contribution is 5.69. The number of rotatable bonds is 49. The molecule has 1 saturated heterocycles. The summed E-state index contributed by atoms with van der Waals surface area (Å²) in [6.45, 7) is 4.59. The summed E-state index contributed by atoms with van der Waals surface area (Å²) < 4.78 is 22.9. The maximum Gasteiger partial charge on any atom is 0.306 e. The average Bonchev–Trinajstić information content (AvgIpc) is 3.31. The minimum atomic E-state index is -1.54. The fraction of sp³-hybridized carbons (Fsp3) is 0.911. The molecule has 0 aliphatic carbocycles. The molecule has 0 radical (unpaired) electrons.